The van der Waals surface area contributed by atoms with Crippen LogP contribution in [0.4, 0.5) is 11.5 Å². The van der Waals surface area contributed by atoms with Gasteiger partial charge in [-0.1, -0.05) is 0 Å². The third kappa shape index (κ3) is 4.14. The first-order valence-corrected chi connectivity index (χ1v) is 11.4. The van der Waals surface area contributed by atoms with Gasteiger partial charge in [0.2, 0.25) is 5.91 Å². The van der Waals surface area contributed by atoms with Gasteiger partial charge in [0, 0.05) is 61.9 Å². The van der Waals surface area contributed by atoms with Gasteiger partial charge in [0.25, 0.3) is 0 Å². The van der Waals surface area contributed by atoms with Crippen molar-refractivity contribution in [3.63, 3.8) is 0 Å². The zero-order valence-electron chi connectivity index (χ0n) is 18.6. The van der Waals surface area contributed by atoms with Gasteiger partial charge in [-0.25, -0.2) is 9.97 Å². The molecule has 0 unspecified atom stereocenters. The fraction of sp³-hybridized carbons (Fsp3) is 0.458. The molecule has 8 heteroatoms. The minimum absolute atomic E-state index is 0.236. The van der Waals surface area contributed by atoms with E-state index in [1.165, 1.54) is 10.9 Å². The first kappa shape index (κ1) is 20.8. The molecule has 1 amide bonds. The molecule has 2 saturated heterocycles. The van der Waals surface area contributed by atoms with Gasteiger partial charge in [0.1, 0.15) is 6.33 Å². The molecule has 0 saturated carbocycles. The second-order valence-electron chi connectivity index (χ2n) is 8.54. The number of H-pyrrole nitrogens is 1. The number of benzene rings is 1. The summed E-state index contributed by atoms with van der Waals surface area (Å²) in [7, 11) is 1.66. The molecule has 0 radical (unpaired) electrons. The predicted octanol–water partition coefficient (Wildman–Crippen LogP) is 2.85. The number of anilines is 2. The van der Waals surface area contributed by atoms with Crippen LogP contribution in [0.1, 0.15) is 24.8 Å². The molecule has 2 aliphatic rings. The Bertz CT molecular complexity index is 1090. The van der Waals surface area contributed by atoms with Gasteiger partial charge in [-0.2, -0.15) is 0 Å². The van der Waals surface area contributed by atoms with Crippen molar-refractivity contribution < 1.29 is 9.53 Å². The molecule has 8 nitrogen and oxygen atoms in total. The van der Waals surface area contributed by atoms with Crippen molar-refractivity contribution in [2.24, 2.45) is 0 Å². The summed E-state index contributed by atoms with van der Waals surface area (Å²) in [6.45, 7) is 5.81. The van der Waals surface area contributed by atoms with E-state index in [1.54, 1.807) is 19.6 Å². The van der Waals surface area contributed by atoms with E-state index in [4.69, 9.17) is 4.74 Å². The number of aromatic amines is 1. The molecule has 3 aromatic rings. The lowest BCUT2D eigenvalue weighted by Crippen LogP contribution is -2.47. The smallest absolute Gasteiger partial charge is 0.227 e. The molecule has 32 heavy (non-hydrogen) atoms. The van der Waals surface area contributed by atoms with Crippen LogP contribution >= 0.6 is 0 Å². The summed E-state index contributed by atoms with van der Waals surface area (Å²) >= 11 is 0. The Morgan fingerprint density at radius 1 is 1.16 bits per heavy atom. The van der Waals surface area contributed by atoms with Crippen LogP contribution in [-0.2, 0) is 11.2 Å². The lowest BCUT2D eigenvalue weighted by atomic mass is 10.1. The summed E-state index contributed by atoms with van der Waals surface area (Å²) < 4.78 is 5.41. The van der Waals surface area contributed by atoms with Crippen LogP contribution in [-0.4, -0.2) is 72.1 Å². The molecule has 2 aliphatic heterocycles. The zero-order chi connectivity index (χ0) is 21.9. The lowest BCUT2D eigenvalue weighted by Gasteiger charge is -2.35. The van der Waals surface area contributed by atoms with Crippen LogP contribution in [0.2, 0.25) is 0 Å². The molecule has 2 fully saturated rings. The van der Waals surface area contributed by atoms with Crippen LogP contribution in [0.5, 0.6) is 5.75 Å². The Labute approximate surface area is 188 Å². The average molecular weight is 435 g/mol. The summed E-state index contributed by atoms with van der Waals surface area (Å²) in [6.07, 6.45) is 9.18. The fourth-order valence-electron chi connectivity index (χ4n) is 4.83. The number of aromatic nitrogens is 3. The first-order valence-electron chi connectivity index (χ1n) is 11.4. The van der Waals surface area contributed by atoms with Gasteiger partial charge in [0.15, 0.2) is 11.6 Å². The molecule has 1 N–H and O–H groups in total. The Balaban J connectivity index is 1.16. The molecule has 0 atom stereocenters. The van der Waals surface area contributed by atoms with Gasteiger partial charge in [-0.15, -0.1) is 0 Å². The minimum atomic E-state index is 0.236. The number of piperazine rings is 1. The van der Waals surface area contributed by atoms with E-state index in [2.05, 4.69) is 49.1 Å². The second kappa shape index (κ2) is 9.16. The van der Waals surface area contributed by atoms with Crippen molar-refractivity contribution in [3.8, 4) is 5.75 Å². The summed E-state index contributed by atoms with van der Waals surface area (Å²) in [4.78, 5) is 30.7. The third-order valence-electron chi connectivity index (χ3n) is 6.61. The molecular weight excluding hydrogens is 404 g/mol. The molecular formula is C24H30N6O2. The standard InChI is InChI=1S/C24H30N6O2/c1-32-22-16-25-17-27-24(22)29-12-10-28(11-13-29)8-2-4-18-15-26-21-7-6-19(14-20(18)21)30-9-3-5-23(30)31/h6-7,14-17,26H,2-5,8-13H2,1H3. The molecule has 0 bridgehead atoms. The van der Waals surface area contributed by atoms with E-state index in [9.17, 15) is 4.79 Å². The van der Waals surface area contributed by atoms with Gasteiger partial charge in [-0.3, -0.25) is 9.69 Å². The summed E-state index contributed by atoms with van der Waals surface area (Å²) in [6, 6.07) is 6.33. The van der Waals surface area contributed by atoms with Crippen LogP contribution in [0.25, 0.3) is 10.9 Å². The number of ether oxygens (including phenoxy) is 1. The van der Waals surface area contributed by atoms with Crippen molar-refractivity contribution in [1.82, 2.24) is 19.9 Å². The average Bonchev–Trinajstić information content (AvgIpc) is 3.45. The molecule has 1 aromatic carbocycles. The van der Waals surface area contributed by atoms with Crippen LogP contribution in [0, 0.1) is 0 Å². The maximum absolute atomic E-state index is 12.1. The highest BCUT2D eigenvalue weighted by molar-refractivity contribution is 5.98. The van der Waals surface area contributed by atoms with Gasteiger partial charge in [0.05, 0.1) is 13.3 Å². The Morgan fingerprint density at radius 2 is 2.03 bits per heavy atom. The highest BCUT2D eigenvalue weighted by Crippen LogP contribution is 2.28. The zero-order valence-corrected chi connectivity index (χ0v) is 18.6. The summed E-state index contributed by atoms with van der Waals surface area (Å²) in [5.74, 6) is 1.85. The normalized spacial score (nSPS) is 17.5. The van der Waals surface area contributed by atoms with Crippen molar-refractivity contribution in [2.45, 2.75) is 25.7 Å². The quantitative estimate of drug-likeness (QED) is 0.616. The number of nitrogens with one attached hydrogen (secondary N) is 1. The van der Waals surface area contributed by atoms with Gasteiger partial charge in [-0.05, 0) is 49.6 Å². The maximum Gasteiger partial charge on any atom is 0.227 e. The van der Waals surface area contributed by atoms with Crippen LogP contribution < -0.4 is 14.5 Å². The number of aryl methyl sites for hydroxylation is 1. The molecule has 0 aliphatic carbocycles. The van der Waals surface area contributed by atoms with Crippen molar-refractivity contribution >= 4 is 28.3 Å². The van der Waals surface area contributed by atoms with Crippen LogP contribution in [0.3, 0.4) is 0 Å². The topological polar surface area (TPSA) is 77.6 Å². The fourth-order valence-corrected chi connectivity index (χ4v) is 4.83. The third-order valence-corrected chi connectivity index (χ3v) is 6.61. The lowest BCUT2D eigenvalue weighted by molar-refractivity contribution is -0.117. The number of methoxy groups -OCH3 is 1. The summed E-state index contributed by atoms with van der Waals surface area (Å²) in [5.41, 5.74) is 3.50. The van der Waals surface area contributed by atoms with E-state index in [0.717, 1.165) is 81.3 Å². The van der Waals surface area contributed by atoms with E-state index in [-0.39, 0.29) is 5.91 Å². The molecule has 4 heterocycles. The number of nitrogens with zero attached hydrogens (tertiary/aromatic N) is 5. The number of carbonyl (C=O) groups is 1. The van der Waals surface area contributed by atoms with Crippen molar-refractivity contribution in [1.29, 1.82) is 0 Å². The second-order valence-corrected chi connectivity index (χ2v) is 8.54. The Morgan fingerprint density at radius 3 is 2.81 bits per heavy atom. The van der Waals surface area contributed by atoms with Crippen molar-refractivity contribution in [2.75, 3.05) is 56.2 Å². The highest BCUT2D eigenvalue weighted by atomic mass is 16.5. The molecule has 5 rings (SSSR count). The Hall–Kier alpha value is -3.13. The SMILES string of the molecule is COc1cncnc1N1CCN(CCCc2c[nH]c3ccc(N4CCCC4=O)cc23)CC1. The molecule has 2 aromatic heterocycles. The van der Waals surface area contributed by atoms with Crippen molar-refractivity contribution in [3.05, 3.63) is 42.5 Å². The number of hydrogen-bond acceptors (Lipinski definition) is 6. The largest absolute Gasteiger partial charge is 0.491 e. The van der Waals surface area contributed by atoms with E-state index >= 15 is 0 Å². The predicted molar refractivity (Wildman–Crippen MR) is 125 cm³/mol. The number of amides is 1. The summed E-state index contributed by atoms with van der Waals surface area (Å²) in [5, 5.41) is 1.24. The monoisotopic (exact) mass is 434 g/mol. The van der Waals surface area contributed by atoms with E-state index in [1.807, 2.05) is 4.90 Å². The minimum Gasteiger partial charge on any atom is -0.491 e. The number of fused-ring (bicyclic) bond motifs is 1. The van der Waals surface area contributed by atoms with Gasteiger partial charge >= 0.3 is 0 Å². The van der Waals surface area contributed by atoms with Crippen LogP contribution in [0.15, 0.2) is 36.9 Å². The molecule has 0 spiro atoms. The van der Waals surface area contributed by atoms with Gasteiger partial charge < -0.3 is 19.5 Å². The maximum atomic E-state index is 12.1. The highest BCUT2D eigenvalue weighted by Gasteiger charge is 2.23. The number of carbonyl (C=O) groups excluding carboxylic acids is 1. The van der Waals surface area contributed by atoms with E-state index in [0.29, 0.717) is 6.42 Å². The Kier molecular flexibility index (Phi) is 5.94. The molecule has 168 valence electrons. The number of rotatable bonds is 7. The number of hydrogen-bond donors (Lipinski definition) is 1. The van der Waals surface area contributed by atoms with E-state index < -0.39 is 0 Å². The first-order chi connectivity index (χ1) is 15.7.